The maximum atomic E-state index is 10.0. The topological polar surface area (TPSA) is 61.9 Å². The summed E-state index contributed by atoms with van der Waals surface area (Å²) in [5.41, 5.74) is 5.99. The smallest absolute Gasteiger partial charge is 0.191 e. The average Bonchev–Trinajstić information content (AvgIpc) is 2.68. The third-order valence-corrected chi connectivity index (χ3v) is 4.61. The zero-order valence-electron chi connectivity index (χ0n) is 10.9. The van der Waals surface area contributed by atoms with Crippen molar-refractivity contribution < 1.29 is 5.11 Å². The van der Waals surface area contributed by atoms with Gasteiger partial charge in [0.15, 0.2) is 5.96 Å². The predicted octanol–water partition coefficient (Wildman–Crippen LogP) is 2.63. The molecule has 2 rings (SSSR count). The fraction of sp³-hybridized carbons (Fsp3) is 0.615. The van der Waals surface area contributed by atoms with E-state index in [1.54, 1.807) is 6.07 Å². The number of hydrogen-bond donors (Lipinski definition) is 2. The lowest BCUT2D eigenvalue weighted by Crippen LogP contribution is -2.38. The largest absolute Gasteiger partial charge is 0.386 e. The molecule has 1 unspecified atom stereocenters. The molecule has 0 amide bonds. The van der Waals surface area contributed by atoms with Gasteiger partial charge >= 0.3 is 0 Å². The summed E-state index contributed by atoms with van der Waals surface area (Å²) in [6.45, 7) is 2.23. The van der Waals surface area contributed by atoms with E-state index in [1.165, 1.54) is 37.0 Å². The predicted molar refractivity (Wildman–Crippen MR) is 80.8 cm³/mol. The lowest BCUT2D eigenvalue weighted by Gasteiger charge is -2.21. The number of aliphatic hydroxyl groups is 1. The Kier molecular flexibility index (Phi) is 5.48. The van der Waals surface area contributed by atoms with Crippen LogP contribution in [0.3, 0.4) is 0 Å². The fourth-order valence-electron chi connectivity index (χ4n) is 2.18. The lowest BCUT2D eigenvalue weighted by molar-refractivity contribution is 0.190. The van der Waals surface area contributed by atoms with Crippen LogP contribution in [0, 0.1) is 0 Å². The number of guanidine groups is 1. The van der Waals surface area contributed by atoms with Gasteiger partial charge in [-0.05, 0) is 25.0 Å². The number of aliphatic imine (C=N–C) groups is 1. The normalized spacial score (nSPS) is 19.3. The summed E-state index contributed by atoms with van der Waals surface area (Å²) in [4.78, 5) is 7.25. The van der Waals surface area contributed by atoms with Crippen molar-refractivity contribution in [3.8, 4) is 0 Å². The van der Waals surface area contributed by atoms with E-state index >= 15 is 0 Å². The molecule has 2 heterocycles. The average molecular weight is 302 g/mol. The van der Waals surface area contributed by atoms with Crippen molar-refractivity contribution in [2.45, 2.75) is 31.8 Å². The minimum atomic E-state index is -0.622. The van der Waals surface area contributed by atoms with Crippen LogP contribution in [-0.2, 0) is 0 Å². The van der Waals surface area contributed by atoms with Crippen molar-refractivity contribution in [1.82, 2.24) is 4.90 Å². The Hall–Kier alpha value is -0.780. The molecule has 19 heavy (non-hydrogen) atoms. The molecule has 1 saturated heterocycles. The molecule has 0 bridgehead atoms. The van der Waals surface area contributed by atoms with Gasteiger partial charge in [0, 0.05) is 18.0 Å². The zero-order chi connectivity index (χ0) is 13.7. The molecule has 106 valence electrons. The molecule has 0 radical (unpaired) electrons. The molecule has 1 fully saturated rings. The molecule has 1 aliphatic heterocycles. The van der Waals surface area contributed by atoms with Gasteiger partial charge in [0.25, 0.3) is 0 Å². The number of rotatable bonds is 3. The lowest BCUT2D eigenvalue weighted by atomic mass is 10.2. The third-order valence-electron chi connectivity index (χ3n) is 3.28. The number of hydrogen-bond acceptors (Lipinski definition) is 3. The van der Waals surface area contributed by atoms with Gasteiger partial charge in [0.05, 0.1) is 10.9 Å². The standard InChI is InChI=1S/C13H20ClN3OS/c14-12-6-5-11(19-12)10(18)9-16-13(15)17-7-3-1-2-4-8-17/h5-6,10,18H,1-4,7-9H2,(H2,15,16). The number of nitrogens with zero attached hydrogens (tertiary/aromatic N) is 2. The van der Waals surface area contributed by atoms with E-state index in [-0.39, 0.29) is 0 Å². The second-order valence-electron chi connectivity index (χ2n) is 4.76. The van der Waals surface area contributed by atoms with Crippen LogP contribution in [0.2, 0.25) is 4.34 Å². The third kappa shape index (κ3) is 4.37. The van der Waals surface area contributed by atoms with Crippen LogP contribution in [0.4, 0.5) is 0 Å². The van der Waals surface area contributed by atoms with Gasteiger partial charge in [0.2, 0.25) is 0 Å². The summed E-state index contributed by atoms with van der Waals surface area (Å²) in [5.74, 6) is 0.545. The minimum Gasteiger partial charge on any atom is -0.386 e. The van der Waals surface area contributed by atoms with E-state index < -0.39 is 6.10 Å². The van der Waals surface area contributed by atoms with Gasteiger partial charge in [0.1, 0.15) is 6.10 Å². The Morgan fingerprint density at radius 2 is 2.05 bits per heavy atom. The summed E-state index contributed by atoms with van der Waals surface area (Å²) in [7, 11) is 0. The first-order valence-corrected chi connectivity index (χ1v) is 7.84. The van der Waals surface area contributed by atoms with Crippen LogP contribution in [0.25, 0.3) is 0 Å². The molecule has 0 aliphatic carbocycles. The Bertz CT molecular complexity index is 427. The monoisotopic (exact) mass is 301 g/mol. The van der Waals surface area contributed by atoms with Crippen molar-refractivity contribution in [3.63, 3.8) is 0 Å². The quantitative estimate of drug-likeness (QED) is 0.666. The maximum Gasteiger partial charge on any atom is 0.191 e. The second-order valence-corrected chi connectivity index (χ2v) is 6.50. The van der Waals surface area contributed by atoms with Crippen LogP contribution >= 0.6 is 22.9 Å². The maximum absolute atomic E-state index is 10.0. The summed E-state index contributed by atoms with van der Waals surface area (Å²) in [6.07, 6.45) is 4.24. The van der Waals surface area contributed by atoms with Crippen molar-refractivity contribution >= 4 is 28.9 Å². The first-order chi connectivity index (χ1) is 9.16. The highest BCUT2D eigenvalue weighted by molar-refractivity contribution is 7.16. The summed E-state index contributed by atoms with van der Waals surface area (Å²) in [5, 5.41) is 10.0. The van der Waals surface area contributed by atoms with Crippen molar-refractivity contribution in [1.29, 1.82) is 0 Å². The van der Waals surface area contributed by atoms with E-state index in [2.05, 4.69) is 9.89 Å². The molecule has 1 aliphatic rings. The van der Waals surface area contributed by atoms with Gasteiger partial charge in [-0.2, -0.15) is 0 Å². The Labute approximate surface area is 122 Å². The highest BCUT2D eigenvalue weighted by Crippen LogP contribution is 2.26. The molecular formula is C13H20ClN3OS. The fourth-order valence-corrected chi connectivity index (χ4v) is 3.22. The summed E-state index contributed by atoms with van der Waals surface area (Å²) in [6, 6.07) is 3.61. The van der Waals surface area contributed by atoms with Gasteiger partial charge in [-0.25, -0.2) is 0 Å². The molecular weight excluding hydrogens is 282 g/mol. The number of likely N-dealkylation sites (tertiary alicyclic amines) is 1. The summed E-state index contributed by atoms with van der Waals surface area (Å²) < 4.78 is 0.679. The first kappa shape index (κ1) is 14.6. The Morgan fingerprint density at radius 1 is 1.37 bits per heavy atom. The zero-order valence-corrected chi connectivity index (χ0v) is 12.5. The van der Waals surface area contributed by atoms with E-state index in [4.69, 9.17) is 17.3 Å². The highest BCUT2D eigenvalue weighted by atomic mass is 35.5. The second kappa shape index (κ2) is 7.12. The van der Waals surface area contributed by atoms with E-state index in [0.29, 0.717) is 16.8 Å². The van der Waals surface area contributed by atoms with Crippen molar-refractivity contribution in [2.75, 3.05) is 19.6 Å². The molecule has 1 aromatic rings. The molecule has 4 nitrogen and oxygen atoms in total. The molecule has 0 saturated carbocycles. The van der Waals surface area contributed by atoms with E-state index in [1.807, 2.05) is 6.07 Å². The number of nitrogens with two attached hydrogens (primary N) is 1. The molecule has 3 N–H and O–H groups in total. The van der Waals surface area contributed by atoms with Crippen LogP contribution in [-0.4, -0.2) is 35.6 Å². The van der Waals surface area contributed by atoms with Crippen molar-refractivity contribution in [2.24, 2.45) is 10.7 Å². The molecule has 0 aromatic carbocycles. The van der Waals surface area contributed by atoms with Crippen LogP contribution < -0.4 is 5.73 Å². The van der Waals surface area contributed by atoms with Crippen LogP contribution in [0.1, 0.15) is 36.7 Å². The molecule has 6 heteroatoms. The van der Waals surface area contributed by atoms with Crippen molar-refractivity contribution in [3.05, 3.63) is 21.3 Å². The van der Waals surface area contributed by atoms with E-state index in [9.17, 15) is 5.11 Å². The van der Waals surface area contributed by atoms with Gasteiger partial charge in [-0.3, -0.25) is 4.99 Å². The molecule has 1 atom stereocenters. The number of halogens is 1. The van der Waals surface area contributed by atoms with Gasteiger partial charge in [-0.1, -0.05) is 24.4 Å². The number of thiophene rings is 1. The van der Waals surface area contributed by atoms with Crippen LogP contribution in [0.15, 0.2) is 17.1 Å². The molecule has 1 aromatic heterocycles. The summed E-state index contributed by atoms with van der Waals surface area (Å²) >= 11 is 7.22. The number of aliphatic hydroxyl groups excluding tert-OH is 1. The van der Waals surface area contributed by atoms with Crippen LogP contribution in [0.5, 0.6) is 0 Å². The minimum absolute atomic E-state index is 0.291. The Balaban J connectivity index is 1.89. The highest BCUT2D eigenvalue weighted by Gasteiger charge is 2.13. The van der Waals surface area contributed by atoms with Gasteiger partial charge < -0.3 is 15.7 Å². The molecule has 0 spiro atoms. The van der Waals surface area contributed by atoms with Gasteiger partial charge in [-0.15, -0.1) is 11.3 Å². The Morgan fingerprint density at radius 3 is 2.63 bits per heavy atom. The SMILES string of the molecule is NC(=NCC(O)c1ccc(Cl)s1)N1CCCCCC1. The first-order valence-electron chi connectivity index (χ1n) is 6.65. The van der Waals surface area contributed by atoms with E-state index in [0.717, 1.165) is 18.0 Å².